The van der Waals surface area contributed by atoms with Gasteiger partial charge in [-0.1, -0.05) is 18.2 Å². The molecule has 90 valence electrons. The van der Waals surface area contributed by atoms with Gasteiger partial charge in [0.25, 0.3) is 0 Å². The van der Waals surface area contributed by atoms with E-state index in [9.17, 15) is 9.59 Å². The van der Waals surface area contributed by atoms with Crippen LogP contribution in [0.25, 0.3) is 21.1 Å². The molecule has 0 aliphatic carbocycles. The Morgan fingerprint density at radius 1 is 1.33 bits per heavy atom. The first-order valence-corrected chi connectivity index (χ1v) is 6.16. The van der Waals surface area contributed by atoms with Gasteiger partial charge in [0.1, 0.15) is 10.4 Å². The van der Waals surface area contributed by atoms with Crippen molar-refractivity contribution in [3.63, 3.8) is 0 Å². The number of aryl methyl sites for hydroxylation is 1. The van der Waals surface area contributed by atoms with Crippen LogP contribution >= 0.6 is 11.3 Å². The first-order chi connectivity index (χ1) is 8.59. The van der Waals surface area contributed by atoms with Crippen LogP contribution in [0.1, 0.15) is 9.67 Å². The van der Waals surface area contributed by atoms with Crippen molar-refractivity contribution in [2.45, 2.75) is 0 Å². The monoisotopic (exact) mass is 259 g/mol. The number of fused-ring (bicyclic) bond motifs is 3. The van der Waals surface area contributed by atoms with E-state index >= 15 is 0 Å². The Kier molecular flexibility index (Phi) is 2.24. The maximum Gasteiger partial charge on any atom is 0.346 e. The quantitative estimate of drug-likeness (QED) is 0.730. The predicted molar refractivity (Wildman–Crippen MR) is 71.5 cm³/mol. The third-order valence-corrected chi connectivity index (χ3v) is 4.11. The number of hydrogen-bond acceptors (Lipinski definition) is 3. The van der Waals surface area contributed by atoms with Crippen molar-refractivity contribution >= 4 is 38.4 Å². The highest BCUT2D eigenvalue weighted by atomic mass is 32.1. The number of hydrogen-bond donors (Lipinski definition) is 1. The van der Waals surface area contributed by atoms with Gasteiger partial charge in [0, 0.05) is 24.0 Å². The molecule has 0 fully saturated rings. The molecule has 0 spiro atoms. The molecule has 0 amide bonds. The second-order valence-corrected chi connectivity index (χ2v) is 5.09. The molecule has 18 heavy (non-hydrogen) atoms. The fourth-order valence-corrected chi connectivity index (χ4v) is 3.26. The Labute approximate surface area is 106 Å². The minimum atomic E-state index is -1.06. The van der Waals surface area contributed by atoms with E-state index in [2.05, 4.69) is 0 Å². The summed E-state index contributed by atoms with van der Waals surface area (Å²) < 4.78 is 2.55. The Morgan fingerprint density at radius 2 is 2.06 bits per heavy atom. The standard InChI is InChI=1S/C13H9NO3S/c1-14-8-5-3-2-4-7(8)12-11(14)9(15)6-10(18-12)13(16)17/h2-6H,1H3,(H,16,17). The summed E-state index contributed by atoms with van der Waals surface area (Å²) in [6, 6.07) is 8.79. The van der Waals surface area contributed by atoms with E-state index in [-0.39, 0.29) is 10.3 Å². The van der Waals surface area contributed by atoms with Gasteiger partial charge in [0.2, 0.25) is 5.43 Å². The number of aromatic nitrogens is 1. The van der Waals surface area contributed by atoms with Gasteiger partial charge >= 0.3 is 5.97 Å². The third kappa shape index (κ3) is 1.37. The molecule has 5 heteroatoms. The molecule has 0 aliphatic heterocycles. The van der Waals surface area contributed by atoms with E-state index in [1.165, 1.54) is 6.07 Å². The van der Waals surface area contributed by atoms with E-state index in [0.717, 1.165) is 26.9 Å². The van der Waals surface area contributed by atoms with Crippen LogP contribution in [0.2, 0.25) is 0 Å². The van der Waals surface area contributed by atoms with Crippen LogP contribution in [0.5, 0.6) is 0 Å². The van der Waals surface area contributed by atoms with E-state index in [0.29, 0.717) is 5.52 Å². The van der Waals surface area contributed by atoms with Crippen molar-refractivity contribution in [3.8, 4) is 0 Å². The molecule has 2 heterocycles. The first-order valence-electron chi connectivity index (χ1n) is 5.34. The number of carbonyl (C=O) groups is 1. The smallest absolute Gasteiger partial charge is 0.346 e. The number of carboxylic acids is 1. The SMILES string of the molecule is Cn1c2ccccc2c2sc(C(=O)O)cc(=O)c21. The fraction of sp³-hybridized carbons (Fsp3) is 0.0769. The number of aromatic carboxylic acids is 1. The molecule has 0 saturated heterocycles. The van der Waals surface area contributed by atoms with Gasteiger partial charge in [-0.05, 0) is 6.07 Å². The topological polar surface area (TPSA) is 59.3 Å². The summed E-state index contributed by atoms with van der Waals surface area (Å²) in [4.78, 5) is 23.1. The van der Waals surface area contributed by atoms with E-state index < -0.39 is 5.97 Å². The Bertz CT molecular complexity index is 844. The third-order valence-electron chi connectivity index (χ3n) is 2.98. The lowest BCUT2D eigenvalue weighted by atomic mass is 10.2. The zero-order valence-electron chi connectivity index (χ0n) is 9.51. The molecule has 3 aromatic rings. The number of rotatable bonds is 1. The van der Waals surface area contributed by atoms with Crippen molar-refractivity contribution in [2.75, 3.05) is 0 Å². The van der Waals surface area contributed by atoms with Crippen LogP contribution in [0.15, 0.2) is 35.1 Å². The fourth-order valence-electron chi connectivity index (χ4n) is 2.17. The average Bonchev–Trinajstić information content (AvgIpc) is 2.64. The van der Waals surface area contributed by atoms with Crippen molar-refractivity contribution in [1.29, 1.82) is 0 Å². The van der Waals surface area contributed by atoms with Crippen LogP contribution < -0.4 is 5.43 Å². The Morgan fingerprint density at radius 3 is 2.78 bits per heavy atom. The summed E-state index contributed by atoms with van der Waals surface area (Å²) in [7, 11) is 1.82. The molecular weight excluding hydrogens is 250 g/mol. The second-order valence-electron chi connectivity index (χ2n) is 4.03. The lowest BCUT2D eigenvalue weighted by Gasteiger charge is -1.96. The van der Waals surface area contributed by atoms with E-state index in [1.807, 2.05) is 35.9 Å². The molecule has 3 rings (SSSR count). The van der Waals surface area contributed by atoms with Gasteiger partial charge in [-0.15, -0.1) is 11.3 Å². The van der Waals surface area contributed by atoms with Crippen molar-refractivity contribution in [3.05, 3.63) is 45.4 Å². The molecule has 0 aliphatic rings. The van der Waals surface area contributed by atoms with Crippen LogP contribution in [-0.2, 0) is 7.05 Å². The number of benzene rings is 1. The molecule has 0 radical (unpaired) electrons. The molecule has 0 unspecified atom stereocenters. The van der Waals surface area contributed by atoms with Crippen LogP contribution in [-0.4, -0.2) is 15.6 Å². The van der Waals surface area contributed by atoms with Crippen molar-refractivity contribution < 1.29 is 9.90 Å². The largest absolute Gasteiger partial charge is 0.477 e. The Balaban J connectivity index is 2.61. The number of nitrogens with zero attached hydrogens (tertiary/aromatic N) is 1. The van der Waals surface area contributed by atoms with Crippen LogP contribution in [0, 0.1) is 0 Å². The zero-order valence-corrected chi connectivity index (χ0v) is 10.3. The van der Waals surface area contributed by atoms with Gasteiger partial charge in [0.15, 0.2) is 0 Å². The highest BCUT2D eigenvalue weighted by Crippen LogP contribution is 2.30. The highest BCUT2D eigenvalue weighted by Gasteiger charge is 2.15. The van der Waals surface area contributed by atoms with E-state index in [4.69, 9.17) is 5.11 Å². The summed E-state index contributed by atoms with van der Waals surface area (Å²) in [5.74, 6) is -1.06. The van der Waals surface area contributed by atoms with Crippen LogP contribution in [0.4, 0.5) is 0 Å². The molecule has 0 saturated carbocycles. The van der Waals surface area contributed by atoms with Gasteiger partial charge < -0.3 is 9.67 Å². The summed E-state index contributed by atoms with van der Waals surface area (Å²) >= 11 is 1.14. The predicted octanol–water partition coefficient (Wildman–Crippen LogP) is 2.45. The lowest BCUT2D eigenvalue weighted by molar-refractivity contribution is 0.0702. The van der Waals surface area contributed by atoms with Gasteiger partial charge in [-0.25, -0.2) is 4.79 Å². The number of carboxylic acid groups (broad SMARTS) is 1. The molecule has 0 bridgehead atoms. The summed E-state index contributed by atoms with van der Waals surface area (Å²) in [5.41, 5.74) is 1.24. The molecule has 1 N–H and O–H groups in total. The molecule has 4 nitrogen and oxygen atoms in total. The normalized spacial score (nSPS) is 11.2. The maximum atomic E-state index is 12.0. The highest BCUT2D eigenvalue weighted by molar-refractivity contribution is 7.21. The second kappa shape index (κ2) is 3.68. The minimum Gasteiger partial charge on any atom is -0.477 e. The molecule has 2 aromatic heterocycles. The van der Waals surface area contributed by atoms with Crippen LogP contribution in [0.3, 0.4) is 0 Å². The summed E-state index contributed by atoms with van der Waals surface area (Å²) in [6.45, 7) is 0. The Hall–Kier alpha value is -2.14. The molecule has 1 aromatic carbocycles. The average molecular weight is 259 g/mol. The van der Waals surface area contributed by atoms with Gasteiger partial charge in [-0.2, -0.15) is 0 Å². The number of para-hydroxylation sites is 1. The molecular formula is C13H9NO3S. The van der Waals surface area contributed by atoms with E-state index in [1.54, 1.807) is 0 Å². The summed E-state index contributed by atoms with van der Waals surface area (Å²) in [5, 5.41) is 9.93. The van der Waals surface area contributed by atoms with Gasteiger partial charge in [0.05, 0.1) is 4.70 Å². The minimum absolute atomic E-state index is 0.0730. The maximum absolute atomic E-state index is 12.0. The lowest BCUT2D eigenvalue weighted by Crippen LogP contribution is -2.07. The van der Waals surface area contributed by atoms with Crippen molar-refractivity contribution in [2.24, 2.45) is 7.05 Å². The first kappa shape index (κ1) is 11.0. The van der Waals surface area contributed by atoms with Gasteiger partial charge in [-0.3, -0.25) is 4.79 Å². The summed E-state index contributed by atoms with van der Waals surface area (Å²) in [6.07, 6.45) is 0. The molecule has 0 atom stereocenters. The van der Waals surface area contributed by atoms with Crippen molar-refractivity contribution in [1.82, 2.24) is 4.57 Å². The zero-order chi connectivity index (χ0) is 12.9.